The lowest BCUT2D eigenvalue weighted by Crippen LogP contribution is -1.95. The first-order valence-corrected chi connectivity index (χ1v) is 6.98. The number of methoxy groups -OCH3 is 4. The highest BCUT2D eigenvalue weighted by atomic mass is 16.5. The maximum atomic E-state index is 9.62. The highest BCUT2D eigenvalue weighted by Crippen LogP contribution is 2.38. The Kier molecular flexibility index (Phi) is 5.36. The van der Waals surface area contributed by atoms with Crippen LogP contribution in [0.15, 0.2) is 30.3 Å². The van der Waals surface area contributed by atoms with Crippen LogP contribution >= 0.6 is 0 Å². The lowest BCUT2D eigenvalue weighted by molar-refractivity contribution is 0.324. The maximum absolute atomic E-state index is 9.62. The molecule has 0 saturated heterocycles. The second-order valence-corrected chi connectivity index (χ2v) is 4.72. The largest absolute Gasteiger partial charge is 0.504 e. The van der Waals surface area contributed by atoms with Crippen molar-refractivity contribution in [3.05, 3.63) is 41.5 Å². The summed E-state index contributed by atoms with van der Waals surface area (Å²) in [7, 11) is 6.24. The highest BCUT2D eigenvalue weighted by Gasteiger charge is 2.12. The van der Waals surface area contributed by atoms with E-state index < -0.39 is 0 Å². The van der Waals surface area contributed by atoms with Gasteiger partial charge in [-0.25, -0.2) is 0 Å². The Morgan fingerprint density at radius 3 is 1.74 bits per heavy atom. The molecule has 5 heteroatoms. The maximum Gasteiger partial charge on any atom is 0.203 e. The average molecular weight is 316 g/mol. The number of benzene rings is 2. The molecule has 5 nitrogen and oxygen atoms in total. The monoisotopic (exact) mass is 316 g/mol. The van der Waals surface area contributed by atoms with Gasteiger partial charge >= 0.3 is 0 Å². The number of phenolic OH excluding ortho intramolecular Hbond substituents is 1. The summed E-state index contributed by atoms with van der Waals surface area (Å²) >= 11 is 0. The van der Waals surface area contributed by atoms with Crippen LogP contribution in [0.2, 0.25) is 0 Å². The van der Waals surface area contributed by atoms with E-state index in [0.717, 1.165) is 11.1 Å². The summed E-state index contributed by atoms with van der Waals surface area (Å²) in [5, 5.41) is 9.62. The summed E-state index contributed by atoms with van der Waals surface area (Å²) in [5.41, 5.74) is 1.79. The lowest BCUT2D eigenvalue weighted by atomic mass is 10.1. The Balaban J connectivity index is 2.35. The molecule has 0 heterocycles. The third kappa shape index (κ3) is 3.69. The van der Waals surface area contributed by atoms with Crippen molar-refractivity contribution in [3.8, 4) is 28.7 Å². The lowest BCUT2D eigenvalue weighted by Gasteiger charge is -2.12. The van der Waals surface area contributed by atoms with E-state index in [-0.39, 0.29) is 5.75 Å². The molecule has 23 heavy (non-hydrogen) atoms. The van der Waals surface area contributed by atoms with E-state index >= 15 is 0 Å². The van der Waals surface area contributed by atoms with Crippen molar-refractivity contribution in [1.29, 1.82) is 0 Å². The zero-order valence-electron chi connectivity index (χ0n) is 13.6. The molecule has 0 atom stereocenters. The molecule has 0 aliphatic heterocycles. The van der Waals surface area contributed by atoms with Gasteiger partial charge in [-0.2, -0.15) is 0 Å². The van der Waals surface area contributed by atoms with E-state index in [2.05, 4.69) is 0 Å². The van der Waals surface area contributed by atoms with Crippen LogP contribution in [0.1, 0.15) is 11.1 Å². The van der Waals surface area contributed by atoms with Crippen LogP contribution in [0, 0.1) is 0 Å². The van der Waals surface area contributed by atoms with E-state index in [1.165, 1.54) is 7.11 Å². The summed E-state index contributed by atoms with van der Waals surface area (Å²) in [6, 6.07) is 8.86. The molecule has 0 amide bonds. The highest BCUT2D eigenvalue weighted by molar-refractivity contribution is 5.73. The SMILES string of the molecule is COc1cc(C=Cc2cc(OC)c(OC)c(OC)c2)ccc1O. The van der Waals surface area contributed by atoms with Gasteiger partial charge in [-0.1, -0.05) is 18.2 Å². The topological polar surface area (TPSA) is 57.2 Å². The summed E-state index contributed by atoms with van der Waals surface area (Å²) in [5.74, 6) is 2.28. The van der Waals surface area contributed by atoms with E-state index in [4.69, 9.17) is 18.9 Å². The first kappa shape index (κ1) is 16.5. The Hall–Kier alpha value is -2.82. The molecule has 0 aromatic heterocycles. The minimum absolute atomic E-state index is 0.109. The van der Waals surface area contributed by atoms with Crippen molar-refractivity contribution < 1.29 is 24.1 Å². The Morgan fingerprint density at radius 1 is 0.696 bits per heavy atom. The van der Waals surface area contributed by atoms with Gasteiger partial charge in [-0.15, -0.1) is 0 Å². The van der Waals surface area contributed by atoms with Crippen molar-refractivity contribution in [3.63, 3.8) is 0 Å². The number of hydrogen-bond acceptors (Lipinski definition) is 5. The first-order chi connectivity index (χ1) is 11.1. The molecule has 0 aliphatic rings. The molecule has 0 radical (unpaired) electrons. The number of ether oxygens (including phenoxy) is 4. The fraction of sp³-hybridized carbons (Fsp3) is 0.222. The van der Waals surface area contributed by atoms with E-state index in [0.29, 0.717) is 23.0 Å². The molecule has 122 valence electrons. The summed E-state index contributed by atoms with van der Waals surface area (Å²) in [6.07, 6.45) is 3.82. The van der Waals surface area contributed by atoms with Crippen LogP contribution < -0.4 is 18.9 Å². The predicted octanol–water partition coefficient (Wildman–Crippen LogP) is 3.60. The third-order valence-electron chi connectivity index (χ3n) is 3.36. The normalized spacial score (nSPS) is 10.6. The van der Waals surface area contributed by atoms with Gasteiger partial charge in [0.15, 0.2) is 23.0 Å². The number of hydrogen-bond donors (Lipinski definition) is 1. The number of rotatable bonds is 6. The van der Waals surface area contributed by atoms with Gasteiger partial charge in [-0.05, 0) is 35.4 Å². The minimum Gasteiger partial charge on any atom is -0.504 e. The van der Waals surface area contributed by atoms with Crippen LogP contribution in [0.25, 0.3) is 12.2 Å². The summed E-state index contributed by atoms with van der Waals surface area (Å²) in [6.45, 7) is 0. The van der Waals surface area contributed by atoms with E-state index in [1.54, 1.807) is 39.5 Å². The smallest absolute Gasteiger partial charge is 0.203 e. The molecule has 0 spiro atoms. The minimum atomic E-state index is 0.109. The van der Waals surface area contributed by atoms with Gasteiger partial charge < -0.3 is 24.1 Å². The average Bonchev–Trinajstić information content (AvgIpc) is 2.59. The molecule has 0 aliphatic carbocycles. The Labute approximate surface area is 135 Å². The fourth-order valence-electron chi connectivity index (χ4n) is 2.19. The van der Waals surface area contributed by atoms with Crippen LogP contribution in [-0.2, 0) is 0 Å². The Morgan fingerprint density at radius 2 is 1.22 bits per heavy atom. The molecular weight excluding hydrogens is 296 g/mol. The van der Waals surface area contributed by atoms with Crippen molar-refractivity contribution in [2.75, 3.05) is 28.4 Å². The third-order valence-corrected chi connectivity index (χ3v) is 3.36. The van der Waals surface area contributed by atoms with E-state index in [9.17, 15) is 5.11 Å². The molecule has 2 rings (SSSR count). The quantitative estimate of drug-likeness (QED) is 0.825. The van der Waals surface area contributed by atoms with Crippen molar-refractivity contribution in [1.82, 2.24) is 0 Å². The zero-order chi connectivity index (χ0) is 16.8. The number of phenols is 1. The molecule has 2 aromatic rings. The van der Waals surface area contributed by atoms with E-state index in [1.807, 2.05) is 24.3 Å². The summed E-state index contributed by atoms with van der Waals surface area (Å²) < 4.78 is 21.1. The van der Waals surface area contributed by atoms with Crippen LogP contribution in [0.5, 0.6) is 28.7 Å². The second-order valence-electron chi connectivity index (χ2n) is 4.72. The summed E-state index contributed by atoms with van der Waals surface area (Å²) in [4.78, 5) is 0. The zero-order valence-corrected chi connectivity index (χ0v) is 13.6. The Bertz CT molecular complexity index is 682. The predicted molar refractivity (Wildman–Crippen MR) is 89.7 cm³/mol. The standard InChI is InChI=1S/C18H20O5/c1-20-15-9-12(7-8-14(15)19)5-6-13-10-16(21-2)18(23-4)17(11-13)22-3/h5-11,19H,1-4H3. The molecule has 0 fully saturated rings. The fourth-order valence-corrected chi connectivity index (χ4v) is 2.19. The number of aromatic hydroxyl groups is 1. The molecule has 0 unspecified atom stereocenters. The van der Waals surface area contributed by atoms with Crippen LogP contribution in [-0.4, -0.2) is 33.5 Å². The first-order valence-electron chi connectivity index (χ1n) is 6.98. The molecule has 0 saturated carbocycles. The molecular formula is C18H20O5. The van der Waals surface area contributed by atoms with Crippen molar-refractivity contribution in [2.24, 2.45) is 0 Å². The second kappa shape index (κ2) is 7.45. The van der Waals surface area contributed by atoms with Crippen molar-refractivity contribution in [2.45, 2.75) is 0 Å². The van der Waals surface area contributed by atoms with Gasteiger partial charge in [0.05, 0.1) is 28.4 Å². The van der Waals surface area contributed by atoms with Gasteiger partial charge in [0.25, 0.3) is 0 Å². The molecule has 1 N–H and O–H groups in total. The molecule has 0 bridgehead atoms. The van der Waals surface area contributed by atoms with Gasteiger partial charge in [0.1, 0.15) is 0 Å². The van der Waals surface area contributed by atoms with Gasteiger partial charge in [0, 0.05) is 0 Å². The van der Waals surface area contributed by atoms with Crippen molar-refractivity contribution >= 4 is 12.2 Å². The van der Waals surface area contributed by atoms with Gasteiger partial charge in [-0.3, -0.25) is 0 Å². The van der Waals surface area contributed by atoms with Crippen LogP contribution in [0.3, 0.4) is 0 Å². The van der Waals surface area contributed by atoms with Crippen LogP contribution in [0.4, 0.5) is 0 Å². The van der Waals surface area contributed by atoms with Gasteiger partial charge in [0.2, 0.25) is 5.75 Å². The molecule has 2 aromatic carbocycles.